The number of hydrogen-bond donors (Lipinski definition) is 1. The van der Waals surface area contributed by atoms with Gasteiger partial charge >= 0.3 is 12.2 Å². The number of carbonyl (C=O) groups excluding carboxylic acids is 2. The van der Waals surface area contributed by atoms with Crippen LogP contribution in [0.5, 0.6) is 0 Å². The molecule has 38 heavy (non-hydrogen) atoms. The Kier molecular flexibility index (Phi) is 8.08. The fourth-order valence-corrected chi connectivity index (χ4v) is 5.72. The van der Waals surface area contributed by atoms with Crippen LogP contribution in [-0.4, -0.2) is 120 Å². The van der Waals surface area contributed by atoms with E-state index >= 15 is 0 Å². The second-order valence-electron chi connectivity index (χ2n) is 11.9. The Morgan fingerprint density at radius 3 is 2.42 bits per heavy atom. The van der Waals surface area contributed by atoms with Crippen LogP contribution in [0.15, 0.2) is 24.5 Å². The van der Waals surface area contributed by atoms with Crippen LogP contribution >= 0.6 is 0 Å². The lowest BCUT2D eigenvalue weighted by molar-refractivity contribution is -0.297. The van der Waals surface area contributed by atoms with Crippen LogP contribution in [0.4, 0.5) is 9.59 Å². The molecule has 4 saturated heterocycles. The number of nitrogens with one attached hydrogen (secondary N) is 1. The molecule has 5 rings (SSSR count). The fourth-order valence-electron chi connectivity index (χ4n) is 5.72. The lowest BCUT2D eigenvalue weighted by Crippen LogP contribution is -2.70. The number of carbonyl (C=O) groups is 2. The Morgan fingerprint density at radius 1 is 1.00 bits per heavy atom. The molecular weight excluding hydrogens is 490 g/mol. The van der Waals surface area contributed by atoms with Crippen molar-refractivity contribution in [2.24, 2.45) is 0 Å². The predicted octanol–water partition coefficient (Wildman–Crippen LogP) is 1.86. The summed E-state index contributed by atoms with van der Waals surface area (Å²) in [4.78, 5) is 36.1. The number of ether oxygens (including phenoxy) is 4. The van der Waals surface area contributed by atoms with E-state index in [1.807, 2.05) is 33.2 Å². The molecule has 11 heteroatoms. The first-order valence-electron chi connectivity index (χ1n) is 13.8. The van der Waals surface area contributed by atoms with Gasteiger partial charge in [0.2, 0.25) is 5.79 Å². The Morgan fingerprint density at radius 2 is 1.71 bits per heavy atom. The molecule has 0 radical (unpaired) electrons. The summed E-state index contributed by atoms with van der Waals surface area (Å²) in [5, 5.41) is 3.34. The number of aromatic nitrogens is 1. The van der Waals surface area contributed by atoms with Crippen LogP contribution in [0.1, 0.15) is 39.2 Å². The molecule has 4 fully saturated rings. The van der Waals surface area contributed by atoms with E-state index in [0.29, 0.717) is 45.8 Å². The average Bonchev–Trinajstić information content (AvgIpc) is 2.85. The molecule has 4 aliphatic heterocycles. The quantitative estimate of drug-likeness (QED) is 0.551. The molecule has 0 aromatic carbocycles. The largest absolute Gasteiger partial charge is 0.444 e. The molecule has 5 heterocycles. The maximum atomic E-state index is 13.4. The molecule has 1 N–H and O–H groups in total. The Balaban J connectivity index is 1.24. The van der Waals surface area contributed by atoms with Crippen LogP contribution in [0.25, 0.3) is 0 Å². The summed E-state index contributed by atoms with van der Waals surface area (Å²) in [7, 11) is 0. The van der Waals surface area contributed by atoms with Crippen molar-refractivity contribution in [1.29, 1.82) is 0 Å². The highest BCUT2D eigenvalue weighted by Crippen LogP contribution is 2.32. The van der Waals surface area contributed by atoms with Crippen LogP contribution in [-0.2, 0) is 25.4 Å². The zero-order chi connectivity index (χ0) is 26.8. The molecule has 210 valence electrons. The first kappa shape index (κ1) is 27.1. The van der Waals surface area contributed by atoms with Gasteiger partial charge in [-0.15, -0.1) is 0 Å². The van der Waals surface area contributed by atoms with Crippen molar-refractivity contribution in [3.05, 3.63) is 30.1 Å². The molecule has 2 amide bonds. The third-order valence-electron chi connectivity index (χ3n) is 7.26. The summed E-state index contributed by atoms with van der Waals surface area (Å²) in [6, 6.07) is 4.10. The van der Waals surface area contributed by atoms with E-state index in [0.717, 1.165) is 25.8 Å². The number of fused-ring (bicyclic) bond motifs is 4. The average molecular weight is 532 g/mol. The number of unbranched alkanes of at least 4 members (excludes halogenated alkanes) is 1. The standard InChI is InChI=1S/C27H41N5O6/c1-26(2,3)37-25(34)32-17-23-14-30(11-5-4-6-20-7-9-28-10-8-20)18-27(19-32,36-23)38-24(33)31-15-21-12-29-13-22(16-31)35-21/h7-10,21-23,29H,4-6,11-19H2,1-3H3. The van der Waals surface area contributed by atoms with Gasteiger partial charge in [-0.25, -0.2) is 9.59 Å². The van der Waals surface area contributed by atoms with Gasteiger partial charge < -0.3 is 29.2 Å². The summed E-state index contributed by atoms with van der Waals surface area (Å²) in [5.74, 6) is -1.24. The minimum atomic E-state index is -1.24. The number of amides is 2. The van der Waals surface area contributed by atoms with Crippen molar-refractivity contribution in [1.82, 2.24) is 25.0 Å². The minimum Gasteiger partial charge on any atom is -0.444 e. The molecule has 4 aliphatic rings. The topological polar surface area (TPSA) is 106 Å². The fraction of sp³-hybridized carbons (Fsp3) is 0.741. The number of pyridine rings is 1. The number of rotatable bonds is 6. The molecule has 0 saturated carbocycles. The van der Waals surface area contributed by atoms with Gasteiger partial charge in [-0.05, 0) is 64.3 Å². The second kappa shape index (κ2) is 11.3. The van der Waals surface area contributed by atoms with E-state index in [2.05, 4.69) is 27.3 Å². The number of nitrogens with zero attached hydrogens (tertiary/aromatic N) is 4. The number of morpholine rings is 4. The molecule has 1 aromatic heterocycles. The van der Waals surface area contributed by atoms with E-state index in [4.69, 9.17) is 18.9 Å². The third-order valence-corrected chi connectivity index (χ3v) is 7.26. The normalized spacial score (nSPS) is 29.6. The molecule has 0 aliphatic carbocycles. The van der Waals surface area contributed by atoms with Crippen molar-refractivity contribution in [3.8, 4) is 0 Å². The molecule has 4 unspecified atom stereocenters. The van der Waals surface area contributed by atoms with Crippen LogP contribution in [0.2, 0.25) is 0 Å². The maximum Gasteiger partial charge on any atom is 0.412 e. The first-order chi connectivity index (χ1) is 18.2. The van der Waals surface area contributed by atoms with E-state index in [9.17, 15) is 9.59 Å². The van der Waals surface area contributed by atoms with Gasteiger partial charge in [0.15, 0.2) is 0 Å². The summed E-state index contributed by atoms with van der Waals surface area (Å²) < 4.78 is 24.1. The van der Waals surface area contributed by atoms with E-state index in [1.165, 1.54) is 5.56 Å². The van der Waals surface area contributed by atoms with Gasteiger partial charge in [0.05, 0.1) is 51.0 Å². The van der Waals surface area contributed by atoms with Crippen molar-refractivity contribution >= 4 is 12.2 Å². The van der Waals surface area contributed by atoms with Crippen molar-refractivity contribution in [2.75, 3.05) is 58.9 Å². The van der Waals surface area contributed by atoms with Gasteiger partial charge in [0.1, 0.15) is 5.60 Å². The zero-order valence-electron chi connectivity index (χ0n) is 22.8. The summed E-state index contributed by atoms with van der Waals surface area (Å²) >= 11 is 0. The maximum absolute atomic E-state index is 13.4. The Labute approximate surface area is 224 Å². The van der Waals surface area contributed by atoms with Gasteiger partial charge in [-0.1, -0.05) is 0 Å². The summed E-state index contributed by atoms with van der Waals surface area (Å²) in [6.45, 7) is 10.4. The monoisotopic (exact) mass is 531 g/mol. The van der Waals surface area contributed by atoms with Crippen molar-refractivity contribution in [3.63, 3.8) is 0 Å². The van der Waals surface area contributed by atoms with Crippen LogP contribution in [0, 0.1) is 0 Å². The SMILES string of the molecule is CC(C)(C)OC(=O)N1CC2CN(CCCCc3ccncc3)CC(OC(=O)N3CC4CNCC(C3)O4)(C1)O2. The van der Waals surface area contributed by atoms with Crippen molar-refractivity contribution in [2.45, 2.75) is 69.7 Å². The Hall–Kier alpha value is -2.47. The van der Waals surface area contributed by atoms with E-state index < -0.39 is 23.6 Å². The Bertz CT molecular complexity index is 962. The molecule has 0 spiro atoms. The first-order valence-corrected chi connectivity index (χ1v) is 13.8. The predicted molar refractivity (Wildman–Crippen MR) is 139 cm³/mol. The van der Waals surface area contributed by atoms with Crippen LogP contribution in [0.3, 0.4) is 0 Å². The van der Waals surface area contributed by atoms with E-state index in [1.54, 1.807) is 9.80 Å². The van der Waals surface area contributed by atoms with Gasteiger partial charge in [-0.2, -0.15) is 0 Å². The third kappa shape index (κ3) is 6.93. The zero-order valence-corrected chi connectivity index (χ0v) is 22.8. The van der Waals surface area contributed by atoms with Gasteiger partial charge in [-0.3, -0.25) is 14.8 Å². The summed E-state index contributed by atoms with van der Waals surface area (Å²) in [5.41, 5.74) is 0.664. The number of hydrogen-bond acceptors (Lipinski definition) is 9. The highest BCUT2D eigenvalue weighted by atomic mass is 16.7. The molecule has 4 atom stereocenters. The molecule has 4 bridgehead atoms. The van der Waals surface area contributed by atoms with E-state index in [-0.39, 0.29) is 24.9 Å². The smallest absolute Gasteiger partial charge is 0.412 e. The number of aryl methyl sites for hydroxylation is 1. The van der Waals surface area contributed by atoms with Crippen molar-refractivity contribution < 1.29 is 28.5 Å². The lowest BCUT2D eigenvalue weighted by atomic mass is 10.0. The van der Waals surface area contributed by atoms with Crippen LogP contribution < -0.4 is 5.32 Å². The lowest BCUT2D eigenvalue weighted by Gasteiger charge is -2.52. The highest BCUT2D eigenvalue weighted by Gasteiger charge is 2.52. The highest BCUT2D eigenvalue weighted by molar-refractivity contribution is 5.70. The molecular formula is C27H41N5O6. The molecule has 11 nitrogen and oxygen atoms in total. The second-order valence-corrected chi connectivity index (χ2v) is 11.9. The summed E-state index contributed by atoms with van der Waals surface area (Å²) in [6.07, 6.45) is 5.50. The van der Waals surface area contributed by atoms with Gasteiger partial charge in [0.25, 0.3) is 0 Å². The van der Waals surface area contributed by atoms with Gasteiger partial charge in [0, 0.05) is 32.0 Å². The molecule has 1 aromatic rings. The minimum absolute atomic E-state index is 0.0471.